The van der Waals surface area contributed by atoms with Crippen molar-refractivity contribution in [3.05, 3.63) is 29.3 Å². The van der Waals surface area contributed by atoms with E-state index in [1.54, 1.807) is 12.1 Å². The monoisotopic (exact) mass is 277 g/mol. The lowest BCUT2D eigenvalue weighted by Gasteiger charge is -2.30. The Hall–Kier alpha value is -1.55. The molecule has 20 heavy (non-hydrogen) atoms. The van der Waals surface area contributed by atoms with Crippen molar-refractivity contribution in [2.45, 2.75) is 32.6 Å². The first kappa shape index (κ1) is 14.9. The number of aliphatic hydroxyl groups is 1. The highest BCUT2D eigenvalue weighted by Crippen LogP contribution is 2.30. The Bertz CT molecular complexity index is 473. The normalized spacial score (nSPS) is 22.5. The van der Waals surface area contributed by atoms with Crippen molar-refractivity contribution < 1.29 is 15.0 Å². The van der Waals surface area contributed by atoms with Gasteiger partial charge in [0.25, 0.3) is 0 Å². The smallest absolute Gasteiger partial charge is 0.335 e. The number of rotatable bonds is 5. The summed E-state index contributed by atoms with van der Waals surface area (Å²) in [5.41, 5.74) is 2.25. The SMILES string of the molecule is Cc1cc(C(=O)O)ccc1NCC1CCCCC1CO. The van der Waals surface area contributed by atoms with Crippen LogP contribution in [-0.4, -0.2) is 29.3 Å². The maximum Gasteiger partial charge on any atom is 0.335 e. The number of nitrogens with one attached hydrogen (secondary N) is 1. The van der Waals surface area contributed by atoms with Gasteiger partial charge in [0.2, 0.25) is 0 Å². The minimum absolute atomic E-state index is 0.267. The molecule has 0 saturated heterocycles. The molecular weight excluding hydrogens is 254 g/mol. The Morgan fingerprint density at radius 1 is 1.30 bits per heavy atom. The van der Waals surface area contributed by atoms with Gasteiger partial charge in [-0.2, -0.15) is 0 Å². The van der Waals surface area contributed by atoms with Gasteiger partial charge in [0.05, 0.1) is 5.56 Å². The van der Waals surface area contributed by atoms with Crippen LogP contribution >= 0.6 is 0 Å². The zero-order valence-corrected chi connectivity index (χ0v) is 11.9. The van der Waals surface area contributed by atoms with Crippen LogP contribution < -0.4 is 5.32 Å². The second-order valence-corrected chi connectivity index (χ2v) is 5.70. The van der Waals surface area contributed by atoms with Crippen molar-refractivity contribution in [1.29, 1.82) is 0 Å². The highest BCUT2D eigenvalue weighted by molar-refractivity contribution is 5.88. The molecule has 3 N–H and O–H groups in total. The largest absolute Gasteiger partial charge is 0.478 e. The molecule has 0 amide bonds. The van der Waals surface area contributed by atoms with Gasteiger partial charge in [-0.15, -0.1) is 0 Å². The molecule has 4 nitrogen and oxygen atoms in total. The van der Waals surface area contributed by atoms with Crippen LogP contribution in [0.4, 0.5) is 5.69 Å². The number of carboxylic acid groups (broad SMARTS) is 1. The number of carboxylic acids is 1. The molecule has 0 aromatic heterocycles. The average Bonchev–Trinajstić information content (AvgIpc) is 2.46. The molecule has 1 aromatic carbocycles. The molecule has 2 atom stereocenters. The summed E-state index contributed by atoms with van der Waals surface area (Å²) in [5.74, 6) is 0.00873. The molecule has 0 spiro atoms. The van der Waals surface area contributed by atoms with Gasteiger partial charge >= 0.3 is 5.97 Å². The first-order valence-corrected chi connectivity index (χ1v) is 7.30. The summed E-state index contributed by atoms with van der Waals surface area (Å²) in [7, 11) is 0. The number of aryl methyl sites for hydroxylation is 1. The van der Waals surface area contributed by atoms with Gasteiger partial charge in [-0.05, 0) is 55.4 Å². The van der Waals surface area contributed by atoms with E-state index in [1.807, 2.05) is 13.0 Å². The molecule has 1 aliphatic carbocycles. The molecule has 2 rings (SSSR count). The second kappa shape index (κ2) is 6.75. The minimum Gasteiger partial charge on any atom is -0.478 e. The van der Waals surface area contributed by atoms with E-state index < -0.39 is 5.97 Å². The zero-order valence-electron chi connectivity index (χ0n) is 11.9. The van der Waals surface area contributed by atoms with Gasteiger partial charge in [-0.25, -0.2) is 4.79 Å². The lowest BCUT2D eigenvalue weighted by Crippen LogP contribution is -2.28. The molecule has 1 saturated carbocycles. The molecule has 2 unspecified atom stereocenters. The Morgan fingerprint density at radius 3 is 2.60 bits per heavy atom. The van der Waals surface area contributed by atoms with Crippen LogP contribution in [0, 0.1) is 18.8 Å². The van der Waals surface area contributed by atoms with E-state index in [2.05, 4.69) is 5.32 Å². The standard InChI is InChI=1S/C16H23NO3/c1-11-8-12(16(19)20)6-7-15(11)17-9-13-4-2-3-5-14(13)10-18/h6-8,13-14,17-18H,2-5,9-10H2,1H3,(H,19,20). The van der Waals surface area contributed by atoms with E-state index >= 15 is 0 Å². The second-order valence-electron chi connectivity index (χ2n) is 5.70. The summed E-state index contributed by atoms with van der Waals surface area (Å²) in [6.07, 6.45) is 4.72. The van der Waals surface area contributed by atoms with E-state index in [-0.39, 0.29) is 6.61 Å². The number of anilines is 1. The van der Waals surface area contributed by atoms with Crippen LogP contribution in [0.5, 0.6) is 0 Å². The van der Waals surface area contributed by atoms with Gasteiger partial charge < -0.3 is 15.5 Å². The fourth-order valence-electron chi connectivity index (χ4n) is 3.03. The number of aliphatic hydroxyl groups excluding tert-OH is 1. The molecule has 1 aliphatic rings. The number of carbonyl (C=O) groups is 1. The number of benzene rings is 1. The molecular formula is C16H23NO3. The van der Waals surface area contributed by atoms with Crippen molar-refractivity contribution >= 4 is 11.7 Å². The van der Waals surface area contributed by atoms with Gasteiger partial charge in [0.1, 0.15) is 0 Å². The summed E-state index contributed by atoms with van der Waals surface area (Å²) in [5, 5.41) is 21.8. The fraction of sp³-hybridized carbons (Fsp3) is 0.562. The van der Waals surface area contributed by atoms with Gasteiger partial charge in [0.15, 0.2) is 0 Å². The van der Waals surface area contributed by atoms with Crippen LogP contribution in [0.25, 0.3) is 0 Å². The van der Waals surface area contributed by atoms with Crippen molar-refractivity contribution in [3.8, 4) is 0 Å². The van der Waals surface area contributed by atoms with E-state index in [9.17, 15) is 9.90 Å². The Kier molecular flexibility index (Phi) is 5.01. The predicted molar refractivity (Wildman–Crippen MR) is 79.2 cm³/mol. The molecule has 1 fully saturated rings. The number of hydrogen-bond donors (Lipinski definition) is 3. The molecule has 1 aromatic rings. The van der Waals surface area contributed by atoms with Crippen LogP contribution in [0.15, 0.2) is 18.2 Å². The van der Waals surface area contributed by atoms with Crippen molar-refractivity contribution in [1.82, 2.24) is 0 Å². The molecule has 4 heteroatoms. The van der Waals surface area contributed by atoms with Crippen LogP contribution in [0.2, 0.25) is 0 Å². The lowest BCUT2D eigenvalue weighted by atomic mass is 9.79. The summed E-state index contributed by atoms with van der Waals surface area (Å²) < 4.78 is 0. The molecule has 0 aliphatic heterocycles. The van der Waals surface area contributed by atoms with Crippen LogP contribution in [-0.2, 0) is 0 Å². The van der Waals surface area contributed by atoms with Gasteiger partial charge in [-0.3, -0.25) is 0 Å². The third kappa shape index (κ3) is 3.51. The summed E-state index contributed by atoms with van der Waals surface area (Å²) >= 11 is 0. The highest BCUT2D eigenvalue weighted by Gasteiger charge is 2.24. The van der Waals surface area contributed by atoms with E-state index in [4.69, 9.17) is 5.11 Å². The first-order chi connectivity index (χ1) is 9.61. The van der Waals surface area contributed by atoms with E-state index in [1.165, 1.54) is 12.8 Å². The Morgan fingerprint density at radius 2 is 2.00 bits per heavy atom. The highest BCUT2D eigenvalue weighted by atomic mass is 16.4. The fourth-order valence-corrected chi connectivity index (χ4v) is 3.03. The summed E-state index contributed by atoms with van der Waals surface area (Å²) in [6.45, 7) is 3.03. The minimum atomic E-state index is -0.896. The topological polar surface area (TPSA) is 69.6 Å². The quantitative estimate of drug-likeness (QED) is 0.774. The third-order valence-electron chi connectivity index (χ3n) is 4.33. The Labute approximate surface area is 119 Å². The molecule has 110 valence electrons. The lowest BCUT2D eigenvalue weighted by molar-refractivity contribution is 0.0697. The van der Waals surface area contributed by atoms with Crippen molar-refractivity contribution in [2.24, 2.45) is 11.8 Å². The van der Waals surface area contributed by atoms with Gasteiger partial charge in [-0.1, -0.05) is 12.8 Å². The van der Waals surface area contributed by atoms with Crippen LogP contribution in [0.3, 0.4) is 0 Å². The summed E-state index contributed by atoms with van der Waals surface area (Å²) in [6, 6.07) is 5.15. The molecule has 0 bridgehead atoms. The molecule has 0 heterocycles. The van der Waals surface area contributed by atoms with Gasteiger partial charge in [0, 0.05) is 18.8 Å². The Balaban J connectivity index is 1.98. The first-order valence-electron chi connectivity index (χ1n) is 7.30. The predicted octanol–water partition coefficient (Wildman–Crippen LogP) is 2.90. The number of hydrogen-bond acceptors (Lipinski definition) is 3. The van der Waals surface area contributed by atoms with Crippen molar-refractivity contribution in [2.75, 3.05) is 18.5 Å². The van der Waals surface area contributed by atoms with E-state index in [0.717, 1.165) is 30.6 Å². The zero-order chi connectivity index (χ0) is 14.5. The maximum absolute atomic E-state index is 10.9. The molecule has 0 radical (unpaired) electrons. The van der Waals surface area contributed by atoms with E-state index in [0.29, 0.717) is 17.4 Å². The average molecular weight is 277 g/mol. The van der Waals surface area contributed by atoms with Crippen molar-refractivity contribution in [3.63, 3.8) is 0 Å². The van der Waals surface area contributed by atoms with Crippen LogP contribution in [0.1, 0.15) is 41.6 Å². The maximum atomic E-state index is 10.9. The third-order valence-corrected chi connectivity index (χ3v) is 4.33. The summed E-state index contributed by atoms with van der Waals surface area (Å²) in [4.78, 5) is 10.9. The number of aromatic carboxylic acids is 1.